The molecular formula is C11H16N4O2S. The van der Waals surface area contributed by atoms with Crippen LogP contribution < -0.4 is 4.90 Å². The maximum Gasteiger partial charge on any atom is 0.309 e. The summed E-state index contributed by atoms with van der Waals surface area (Å²) in [6.45, 7) is 3.82. The quantitative estimate of drug-likeness (QED) is 0.658. The highest BCUT2D eigenvalue weighted by Gasteiger charge is 2.26. The van der Waals surface area contributed by atoms with E-state index in [1.54, 1.807) is 6.20 Å². The highest BCUT2D eigenvalue weighted by molar-refractivity contribution is 7.71. The van der Waals surface area contributed by atoms with Crippen molar-refractivity contribution in [2.24, 2.45) is 5.92 Å². The minimum absolute atomic E-state index is 0.00686. The Bertz CT molecular complexity index is 468. The summed E-state index contributed by atoms with van der Waals surface area (Å²) in [4.78, 5) is 17.9. The molecule has 2 heterocycles. The van der Waals surface area contributed by atoms with Crippen molar-refractivity contribution in [1.29, 1.82) is 0 Å². The van der Waals surface area contributed by atoms with Gasteiger partial charge in [-0.05, 0) is 32.0 Å². The highest BCUT2D eigenvalue weighted by Crippen LogP contribution is 2.21. The Balaban J connectivity index is 1.94. The molecule has 6 nitrogen and oxygen atoms in total. The van der Waals surface area contributed by atoms with Gasteiger partial charge in [0.2, 0.25) is 4.77 Å². The number of hydrogen-bond donors (Lipinski definition) is 1. The summed E-state index contributed by atoms with van der Waals surface area (Å²) in [5.74, 6) is 0.682. The zero-order valence-electron chi connectivity index (χ0n) is 10.3. The van der Waals surface area contributed by atoms with Gasteiger partial charge in [-0.15, -0.1) is 0 Å². The minimum Gasteiger partial charge on any atom is -0.466 e. The molecule has 0 atom stereocenters. The van der Waals surface area contributed by atoms with Crippen LogP contribution >= 0.6 is 12.2 Å². The minimum atomic E-state index is -0.0893. The molecule has 0 spiro atoms. The first-order valence-corrected chi connectivity index (χ1v) is 6.45. The lowest BCUT2D eigenvalue weighted by atomic mass is 9.97. The van der Waals surface area contributed by atoms with E-state index in [-0.39, 0.29) is 11.9 Å². The number of esters is 1. The molecule has 7 heteroatoms. The third-order valence-corrected chi connectivity index (χ3v) is 3.18. The second-order valence-electron chi connectivity index (χ2n) is 4.16. The summed E-state index contributed by atoms with van der Waals surface area (Å²) in [5.41, 5.74) is 0. The topological polar surface area (TPSA) is 71.1 Å². The number of piperidine rings is 1. The molecule has 18 heavy (non-hydrogen) atoms. The molecule has 0 unspecified atom stereocenters. The molecule has 1 aliphatic heterocycles. The Kier molecular flexibility index (Phi) is 4.24. The van der Waals surface area contributed by atoms with Crippen molar-refractivity contribution in [2.45, 2.75) is 19.8 Å². The van der Waals surface area contributed by atoms with E-state index in [0.29, 0.717) is 11.4 Å². The van der Waals surface area contributed by atoms with Crippen LogP contribution in [-0.4, -0.2) is 40.8 Å². The van der Waals surface area contributed by atoms with Gasteiger partial charge in [-0.25, -0.2) is 0 Å². The molecule has 1 aromatic heterocycles. The van der Waals surface area contributed by atoms with Gasteiger partial charge in [-0.1, -0.05) is 0 Å². The Morgan fingerprint density at radius 1 is 1.61 bits per heavy atom. The first-order valence-electron chi connectivity index (χ1n) is 6.04. The molecule has 1 aromatic rings. The Morgan fingerprint density at radius 3 is 2.94 bits per heavy atom. The average molecular weight is 268 g/mol. The van der Waals surface area contributed by atoms with Gasteiger partial charge < -0.3 is 9.64 Å². The summed E-state index contributed by atoms with van der Waals surface area (Å²) in [6, 6.07) is 0. The van der Waals surface area contributed by atoms with Crippen molar-refractivity contribution in [2.75, 3.05) is 24.6 Å². The molecule has 0 amide bonds. The first-order chi connectivity index (χ1) is 8.70. The van der Waals surface area contributed by atoms with Gasteiger partial charge in [-0.3, -0.25) is 9.89 Å². The van der Waals surface area contributed by atoms with Crippen molar-refractivity contribution in [1.82, 2.24) is 15.2 Å². The molecule has 1 fully saturated rings. The molecule has 0 aromatic carbocycles. The number of nitrogens with zero attached hydrogens (tertiary/aromatic N) is 3. The fraction of sp³-hybridized carbons (Fsp3) is 0.636. The van der Waals surface area contributed by atoms with Gasteiger partial charge in [0.25, 0.3) is 0 Å². The van der Waals surface area contributed by atoms with E-state index in [1.165, 1.54) is 0 Å². The lowest BCUT2D eigenvalue weighted by Crippen LogP contribution is -2.37. The predicted octanol–water partition coefficient (Wildman–Crippen LogP) is 1.31. The Hall–Kier alpha value is -1.50. The van der Waals surface area contributed by atoms with Crippen molar-refractivity contribution in [3.8, 4) is 0 Å². The maximum absolute atomic E-state index is 11.6. The number of rotatable bonds is 3. The fourth-order valence-corrected chi connectivity index (χ4v) is 2.21. The Morgan fingerprint density at radius 2 is 2.33 bits per heavy atom. The third kappa shape index (κ3) is 3.04. The zero-order valence-corrected chi connectivity index (χ0v) is 11.1. The van der Waals surface area contributed by atoms with Gasteiger partial charge in [0.1, 0.15) is 0 Å². The molecule has 0 bridgehead atoms. The van der Waals surface area contributed by atoms with Crippen molar-refractivity contribution in [3.63, 3.8) is 0 Å². The zero-order chi connectivity index (χ0) is 13.0. The van der Waals surface area contributed by atoms with Crippen molar-refractivity contribution < 1.29 is 9.53 Å². The summed E-state index contributed by atoms with van der Waals surface area (Å²) in [5, 5.41) is 6.53. The van der Waals surface area contributed by atoms with Crippen LogP contribution in [0, 0.1) is 10.7 Å². The number of carbonyl (C=O) groups excluding carboxylic acids is 1. The summed E-state index contributed by atoms with van der Waals surface area (Å²) in [7, 11) is 0. The SMILES string of the molecule is CCOC(=O)C1CCN(c2cn[nH]c(=S)n2)CC1. The van der Waals surface area contributed by atoms with Crippen molar-refractivity contribution in [3.05, 3.63) is 11.0 Å². The number of carbonyl (C=O) groups is 1. The highest BCUT2D eigenvalue weighted by atomic mass is 32.1. The molecule has 2 rings (SSSR count). The molecule has 0 saturated carbocycles. The predicted molar refractivity (Wildman–Crippen MR) is 68.8 cm³/mol. The lowest BCUT2D eigenvalue weighted by Gasteiger charge is -2.31. The van der Waals surface area contributed by atoms with E-state index >= 15 is 0 Å². The second kappa shape index (κ2) is 5.90. The van der Waals surface area contributed by atoms with E-state index in [4.69, 9.17) is 17.0 Å². The van der Waals surface area contributed by atoms with Crippen LogP contribution in [0.2, 0.25) is 0 Å². The molecule has 1 aliphatic rings. The van der Waals surface area contributed by atoms with Crippen LogP contribution in [-0.2, 0) is 9.53 Å². The molecule has 1 saturated heterocycles. The molecule has 0 radical (unpaired) electrons. The van der Waals surface area contributed by atoms with Crippen LogP contribution in [0.1, 0.15) is 19.8 Å². The van der Waals surface area contributed by atoms with Crippen LogP contribution in [0.15, 0.2) is 6.20 Å². The van der Waals surface area contributed by atoms with Crippen molar-refractivity contribution >= 4 is 24.0 Å². The first kappa shape index (κ1) is 12.9. The smallest absolute Gasteiger partial charge is 0.309 e. The Labute approximate surface area is 110 Å². The van der Waals surface area contributed by atoms with E-state index in [2.05, 4.69) is 20.1 Å². The van der Waals surface area contributed by atoms with Gasteiger partial charge in [-0.2, -0.15) is 10.1 Å². The van der Waals surface area contributed by atoms with Gasteiger partial charge in [0, 0.05) is 13.1 Å². The van der Waals surface area contributed by atoms with Crippen LogP contribution in [0.3, 0.4) is 0 Å². The average Bonchev–Trinajstić information content (AvgIpc) is 2.39. The second-order valence-corrected chi connectivity index (χ2v) is 4.55. The van der Waals surface area contributed by atoms with E-state index in [1.807, 2.05) is 6.92 Å². The van der Waals surface area contributed by atoms with E-state index < -0.39 is 0 Å². The number of aromatic amines is 1. The number of aromatic nitrogens is 3. The maximum atomic E-state index is 11.6. The van der Waals surface area contributed by atoms with E-state index in [0.717, 1.165) is 31.7 Å². The normalized spacial score (nSPS) is 16.6. The molecule has 1 N–H and O–H groups in total. The number of ether oxygens (including phenoxy) is 1. The summed E-state index contributed by atoms with van der Waals surface area (Å²) in [6.07, 6.45) is 3.22. The lowest BCUT2D eigenvalue weighted by molar-refractivity contribution is -0.148. The van der Waals surface area contributed by atoms with E-state index in [9.17, 15) is 4.79 Å². The number of anilines is 1. The van der Waals surface area contributed by atoms with Gasteiger partial charge >= 0.3 is 5.97 Å². The fourth-order valence-electron chi connectivity index (χ4n) is 2.06. The molecule has 0 aliphatic carbocycles. The van der Waals surface area contributed by atoms with Gasteiger partial charge in [0.05, 0.1) is 18.7 Å². The number of hydrogen-bond acceptors (Lipinski definition) is 6. The van der Waals surface area contributed by atoms with Gasteiger partial charge in [0.15, 0.2) is 5.82 Å². The summed E-state index contributed by atoms with van der Waals surface area (Å²) < 4.78 is 5.41. The third-order valence-electron chi connectivity index (χ3n) is 3.00. The largest absolute Gasteiger partial charge is 0.466 e. The number of H-pyrrole nitrogens is 1. The summed E-state index contributed by atoms with van der Waals surface area (Å²) >= 11 is 4.94. The standard InChI is InChI=1S/C11H16N4O2S/c1-2-17-10(16)8-3-5-15(6-4-8)9-7-12-14-11(18)13-9/h7-8H,2-6H2,1H3,(H,13,14,18). The van der Waals surface area contributed by atoms with Crippen LogP contribution in [0.4, 0.5) is 5.82 Å². The molecule has 98 valence electrons. The monoisotopic (exact) mass is 268 g/mol. The van der Waals surface area contributed by atoms with Crippen LogP contribution in [0.5, 0.6) is 0 Å². The number of nitrogens with one attached hydrogen (secondary N) is 1. The molecular weight excluding hydrogens is 252 g/mol. The van der Waals surface area contributed by atoms with Crippen LogP contribution in [0.25, 0.3) is 0 Å².